The van der Waals surface area contributed by atoms with E-state index in [2.05, 4.69) is 24.5 Å². The van der Waals surface area contributed by atoms with E-state index in [0.717, 1.165) is 5.56 Å². The molecule has 0 aliphatic heterocycles. The Hall–Kier alpha value is -2.04. The van der Waals surface area contributed by atoms with Gasteiger partial charge in [-0.15, -0.1) is 0 Å². The number of carboxylic acids is 1. The van der Waals surface area contributed by atoms with Crippen LogP contribution in [-0.4, -0.2) is 23.1 Å². The van der Waals surface area contributed by atoms with Crippen LogP contribution in [0.15, 0.2) is 24.3 Å². The lowest BCUT2D eigenvalue weighted by molar-refractivity contribution is -0.139. The molecule has 0 saturated heterocycles. The summed E-state index contributed by atoms with van der Waals surface area (Å²) >= 11 is 0. The molecule has 0 bridgehead atoms. The van der Waals surface area contributed by atoms with Gasteiger partial charge in [0.1, 0.15) is 6.04 Å². The van der Waals surface area contributed by atoms with Crippen molar-refractivity contribution < 1.29 is 14.7 Å². The molecule has 5 heteroatoms. The first-order valence-electron chi connectivity index (χ1n) is 7.30. The highest BCUT2D eigenvalue weighted by molar-refractivity contribution is 5.82. The number of nitrogens with one attached hydrogen (secondary N) is 2. The highest BCUT2D eigenvalue weighted by Crippen LogP contribution is 2.14. The molecule has 1 aromatic rings. The van der Waals surface area contributed by atoms with Gasteiger partial charge >= 0.3 is 12.0 Å². The van der Waals surface area contributed by atoms with Crippen molar-refractivity contribution in [3.05, 3.63) is 35.4 Å². The van der Waals surface area contributed by atoms with E-state index in [4.69, 9.17) is 5.11 Å². The summed E-state index contributed by atoms with van der Waals surface area (Å²) in [4.78, 5) is 22.7. The van der Waals surface area contributed by atoms with Crippen LogP contribution in [0.25, 0.3) is 0 Å². The average Bonchev–Trinajstić information content (AvgIpc) is 2.45. The third kappa shape index (κ3) is 5.85. The zero-order valence-electron chi connectivity index (χ0n) is 12.8. The van der Waals surface area contributed by atoms with Gasteiger partial charge < -0.3 is 15.7 Å². The molecule has 2 amide bonds. The van der Waals surface area contributed by atoms with Crippen LogP contribution in [-0.2, 0) is 11.3 Å². The van der Waals surface area contributed by atoms with Crippen molar-refractivity contribution in [2.45, 2.75) is 52.1 Å². The minimum Gasteiger partial charge on any atom is -0.480 e. The fourth-order valence-corrected chi connectivity index (χ4v) is 1.96. The molecule has 0 aromatic heterocycles. The minimum absolute atomic E-state index is 0.378. The van der Waals surface area contributed by atoms with E-state index in [1.165, 1.54) is 5.56 Å². The third-order valence-corrected chi connectivity index (χ3v) is 3.28. The first kappa shape index (κ1) is 17.0. The highest BCUT2D eigenvalue weighted by atomic mass is 16.4. The molecule has 0 heterocycles. The number of amides is 2. The van der Waals surface area contributed by atoms with E-state index in [0.29, 0.717) is 25.3 Å². The number of carbonyl (C=O) groups excluding carboxylic acids is 1. The molecule has 0 saturated carbocycles. The van der Waals surface area contributed by atoms with Gasteiger partial charge in [-0.05, 0) is 23.5 Å². The molecule has 116 valence electrons. The fraction of sp³-hybridized carbons (Fsp3) is 0.500. The molecule has 1 rings (SSSR count). The van der Waals surface area contributed by atoms with E-state index in [1.807, 2.05) is 31.2 Å². The molecule has 0 aliphatic rings. The van der Waals surface area contributed by atoms with E-state index >= 15 is 0 Å². The van der Waals surface area contributed by atoms with Crippen molar-refractivity contribution in [1.82, 2.24) is 10.6 Å². The topological polar surface area (TPSA) is 78.4 Å². The SMILES string of the molecule is CCC[C@@H](NC(=O)NCc1ccc(C(C)C)cc1)C(=O)O. The molecule has 21 heavy (non-hydrogen) atoms. The number of benzene rings is 1. The molecule has 0 aliphatic carbocycles. The summed E-state index contributed by atoms with van der Waals surface area (Å²) < 4.78 is 0. The van der Waals surface area contributed by atoms with Gasteiger partial charge in [-0.2, -0.15) is 0 Å². The molecule has 1 atom stereocenters. The van der Waals surface area contributed by atoms with Crippen LogP contribution in [0.5, 0.6) is 0 Å². The van der Waals surface area contributed by atoms with E-state index in [-0.39, 0.29) is 0 Å². The Labute approximate surface area is 125 Å². The molecule has 0 fully saturated rings. The van der Waals surface area contributed by atoms with Gasteiger partial charge in [0.15, 0.2) is 0 Å². The Morgan fingerprint density at radius 2 is 1.81 bits per heavy atom. The largest absolute Gasteiger partial charge is 0.480 e. The third-order valence-electron chi connectivity index (χ3n) is 3.28. The second-order valence-electron chi connectivity index (χ2n) is 5.40. The van der Waals surface area contributed by atoms with Crippen molar-refractivity contribution in [3.8, 4) is 0 Å². The number of rotatable bonds is 7. The maximum atomic E-state index is 11.7. The second kappa shape index (κ2) is 8.29. The summed E-state index contributed by atoms with van der Waals surface area (Å²) in [7, 11) is 0. The van der Waals surface area contributed by atoms with Gasteiger partial charge in [0, 0.05) is 6.54 Å². The first-order chi connectivity index (χ1) is 9.93. The van der Waals surface area contributed by atoms with Crippen LogP contribution in [0.3, 0.4) is 0 Å². The summed E-state index contributed by atoms with van der Waals surface area (Å²) in [5.74, 6) is -0.533. The van der Waals surface area contributed by atoms with Gasteiger partial charge in [0.25, 0.3) is 0 Å². The average molecular weight is 292 g/mol. The van der Waals surface area contributed by atoms with Crippen LogP contribution in [0.4, 0.5) is 4.79 Å². The Kier molecular flexibility index (Phi) is 6.72. The Balaban J connectivity index is 2.46. The van der Waals surface area contributed by atoms with E-state index < -0.39 is 18.0 Å². The van der Waals surface area contributed by atoms with Gasteiger partial charge in [-0.1, -0.05) is 51.5 Å². The zero-order valence-corrected chi connectivity index (χ0v) is 12.8. The number of carboxylic acid groups (broad SMARTS) is 1. The monoisotopic (exact) mass is 292 g/mol. The van der Waals surface area contributed by atoms with Crippen molar-refractivity contribution in [2.24, 2.45) is 0 Å². The molecule has 1 aromatic carbocycles. The quantitative estimate of drug-likeness (QED) is 0.723. The standard InChI is InChI=1S/C16H24N2O3/c1-4-5-14(15(19)20)18-16(21)17-10-12-6-8-13(9-7-12)11(2)3/h6-9,11,14H,4-5,10H2,1-3H3,(H,19,20)(H2,17,18,21)/t14-/m1/s1. The highest BCUT2D eigenvalue weighted by Gasteiger charge is 2.18. The van der Waals surface area contributed by atoms with Crippen LogP contribution in [0, 0.1) is 0 Å². The van der Waals surface area contributed by atoms with E-state index in [9.17, 15) is 9.59 Å². The summed E-state index contributed by atoms with van der Waals surface area (Å²) in [6.07, 6.45) is 1.12. The van der Waals surface area contributed by atoms with Gasteiger partial charge in [0.05, 0.1) is 0 Å². The maximum absolute atomic E-state index is 11.7. The van der Waals surface area contributed by atoms with Gasteiger partial charge in [0.2, 0.25) is 0 Å². The number of carbonyl (C=O) groups is 2. The van der Waals surface area contributed by atoms with Crippen LogP contribution in [0.2, 0.25) is 0 Å². The van der Waals surface area contributed by atoms with Crippen molar-refractivity contribution in [1.29, 1.82) is 0 Å². The normalized spacial score (nSPS) is 12.0. The summed E-state index contributed by atoms with van der Waals surface area (Å²) in [5, 5.41) is 14.1. The van der Waals surface area contributed by atoms with Gasteiger partial charge in [-0.3, -0.25) is 0 Å². The fourth-order valence-electron chi connectivity index (χ4n) is 1.96. The molecule has 5 nitrogen and oxygen atoms in total. The lowest BCUT2D eigenvalue weighted by Crippen LogP contribution is -2.45. The Morgan fingerprint density at radius 1 is 1.19 bits per heavy atom. The molecular weight excluding hydrogens is 268 g/mol. The maximum Gasteiger partial charge on any atom is 0.326 e. The van der Waals surface area contributed by atoms with Crippen molar-refractivity contribution in [3.63, 3.8) is 0 Å². The number of urea groups is 1. The predicted octanol–water partition coefficient (Wildman–Crippen LogP) is 2.86. The molecule has 0 spiro atoms. The zero-order chi connectivity index (χ0) is 15.8. The summed E-state index contributed by atoms with van der Waals surface area (Å²) in [5.41, 5.74) is 2.23. The molecule has 0 unspecified atom stereocenters. The summed E-state index contributed by atoms with van der Waals surface area (Å²) in [6, 6.07) is 6.72. The van der Waals surface area contributed by atoms with E-state index in [1.54, 1.807) is 0 Å². The summed E-state index contributed by atoms with van der Waals surface area (Å²) in [6.45, 7) is 6.51. The van der Waals surface area contributed by atoms with Crippen LogP contribution >= 0.6 is 0 Å². The molecule has 3 N–H and O–H groups in total. The van der Waals surface area contributed by atoms with Crippen LogP contribution < -0.4 is 10.6 Å². The molecular formula is C16H24N2O3. The number of hydrogen-bond acceptors (Lipinski definition) is 2. The Bertz CT molecular complexity index is 469. The smallest absolute Gasteiger partial charge is 0.326 e. The van der Waals surface area contributed by atoms with Crippen molar-refractivity contribution in [2.75, 3.05) is 0 Å². The number of aliphatic carboxylic acids is 1. The lowest BCUT2D eigenvalue weighted by atomic mass is 10.0. The second-order valence-corrected chi connectivity index (χ2v) is 5.40. The van der Waals surface area contributed by atoms with Crippen molar-refractivity contribution >= 4 is 12.0 Å². The molecule has 0 radical (unpaired) electrons. The first-order valence-corrected chi connectivity index (χ1v) is 7.30. The minimum atomic E-state index is -1.01. The van der Waals surface area contributed by atoms with Crippen LogP contribution in [0.1, 0.15) is 50.7 Å². The number of hydrogen-bond donors (Lipinski definition) is 3. The lowest BCUT2D eigenvalue weighted by Gasteiger charge is -2.14. The van der Waals surface area contributed by atoms with Gasteiger partial charge in [-0.25, -0.2) is 9.59 Å². The Morgan fingerprint density at radius 3 is 2.29 bits per heavy atom. The predicted molar refractivity (Wildman–Crippen MR) is 82.2 cm³/mol.